The molecular formula is C18H14N4OS. The minimum atomic E-state index is -0.134. The molecule has 0 saturated carbocycles. The number of nitrogens with zero attached hydrogens (tertiary/aromatic N) is 3. The van der Waals surface area contributed by atoms with E-state index in [1.165, 1.54) is 18.3 Å². The summed E-state index contributed by atoms with van der Waals surface area (Å²) in [5.74, 6) is 0.288. The molecule has 0 saturated heterocycles. The van der Waals surface area contributed by atoms with Gasteiger partial charge in [-0.2, -0.15) is 5.10 Å². The van der Waals surface area contributed by atoms with Crippen LogP contribution in [0.25, 0.3) is 26.5 Å². The van der Waals surface area contributed by atoms with Gasteiger partial charge in [0.05, 0.1) is 21.5 Å². The van der Waals surface area contributed by atoms with Crippen LogP contribution in [0.1, 0.15) is 17.4 Å². The largest absolute Gasteiger partial charge is 0.383 e. The highest BCUT2D eigenvalue weighted by Crippen LogP contribution is 2.36. The van der Waals surface area contributed by atoms with Crippen LogP contribution in [-0.2, 0) is 0 Å². The van der Waals surface area contributed by atoms with Crippen LogP contribution in [-0.4, -0.2) is 20.5 Å². The number of anilines is 1. The van der Waals surface area contributed by atoms with E-state index in [0.29, 0.717) is 22.1 Å². The number of nitrogen functional groups attached to an aromatic ring is 1. The van der Waals surface area contributed by atoms with E-state index >= 15 is 0 Å². The summed E-state index contributed by atoms with van der Waals surface area (Å²) in [7, 11) is 0. The molecule has 2 heterocycles. The molecule has 2 aromatic heterocycles. The van der Waals surface area contributed by atoms with Gasteiger partial charge in [-0.25, -0.2) is 9.67 Å². The summed E-state index contributed by atoms with van der Waals surface area (Å²) in [5.41, 5.74) is 8.99. The maximum Gasteiger partial charge on any atom is 0.180 e. The van der Waals surface area contributed by atoms with Crippen LogP contribution in [0.2, 0.25) is 0 Å². The molecule has 2 N–H and O–H groups in total. The van der Waals surface area contributed by atoms with Gasteiger partial charge in [0.25, 0.3) is 0 Å². The average molecular weight is 334 g/mol. The molecule has 0 aliphatic rings. The quantitative estimate of drug-likeness (QED) is 0.576. The SMILES string of the molecule is CC(=O)c1nn(-c2ccccc2)c(N)c1-c1nc2ccccc2s1. The first-order valence-electron chi connectivity index (χ1n) is 7.46. The van der Waals surface area contributed by atoms with Crippen LogP contribution in [0, 0.1) is 0 Å². The van der Waals surface area contributed by atoms with Gasteiger partial charge >= 0.3 is 0 Å². The molecule has 0 bridgehead atoms. The van der Waals surface area contributed by atoms with Crippen LogP contribution in [0.5, 0.6) is 0 Å². The molecule has 0 unspecified atom stereocenters. The second kappa shape index (κ2) is 5.58. The van der Waals surface area contributed by atoms with Crippen LogP contribution >= 0.6 is 11.3 Å². The minimum absolute atomic E-state index is 0.134. The Kier molecular flexibility index (Phi) is 3.39. The molecule has 118 valence electrons. The lowest BCUT2D eigenvalue weighted by Crippen LogP contribution is -2.02. The number of thiazole rings is 1. The number of rotatable bonds is 3. The maximum absolute atomic E-state index is 12.1. The van der Waals surface area contributed by atoms with Gasteiger partial charge in [-0.3, -0.25) is 4.79 Å². The van der Waals surface area contributed by atoms with Crippen LogP contribution in [0.4, 0.5) is 5.82 Å². The highest BCUT2D eigenvalue weighted by atomic mass is 32.1. The summed E-state index contributed by atoms with van der Waals surface area (Å²) in [6, 6.07) is 17.4. The standard InChI is InChI=1S/C18H14N4OS/c1-11(23)16-15(18-20-13-9-5-6-10-14(13)24-18)17(19)22(21-16)12-7-3-2-4-8-12/h2-10H,19H2,1H3. The van der Waals surface area contributed by atoms with Crippen LogP contribution < -0.4 is 5.73 Å². The molecule has 4 rings (SSSR count). The summed E-state index contributed by atoms with van der Waals surface area (Å²) in [6.45, 7) is 1.49. The van der Waals surface area contributed by atoms with Gasteiger partial charge < -0.3 is 5.73 Å². The zero-order chi connectivity index (χ0) is 16.7. The van der Waals surface area contributed by atoms with Gasteiger partial charge in [0.1, 0.15) is 16.5 Å². The van der Waals surface area contributed by atoms with Crippen molar-refractivity contribution in [2.24, 2.45) is 0 Å². The molecule has 0 fully saturated rings. The smallest absolute Gasteiger partial charge is 0.180 e. The lowest BCUT2D eigenvalue weighted by molar-refractivity contribution is 0.101. The van der Waals surface area contributed by atoms with E-state index in [1.54, 1.807) is 4.68 Å². The number of carbonyl (C=O) groups excluding carboxylic acids is 1. The van der Waals surface area contributed by atoms with E-state index < -0.39 is 0 Å². The summed E-state index contributed by atoms with van der Waals surface area (Å²) < 4.78 is 2.65. The molecule has 0 aliphatic carbocycles. The second-order valence-corrected chi connectivity index (χ2v) is 6.43. The summed E-state index contributed by atoms with van der Waals surface area (Å²) in [5, 5.41) is 5.14. The zero-order valence-electron chi connectivity index (χ0n) is 12.9. The van der Waals surface area contributed by atoms with Crippen molar-refractivity contribution >= 4 is 33.2 Å². The molecule has 0 spiro atoms. The summed E-state index contributed by atoms with van der Waals surface area (Å²) >= 11 is 1.51. The van der Waals surface area contributed by atoms with E-state index in [1.807, 2.05) is 54.6 Å². The topological polar surface area (TPSA) is 73.8 Å². The number of hydrogen-bond donors (Lipinski definition) is 1. The number of hydrogen-bond acceptors (Lipinski definition) is 5. The minimum Gasteiger partial charge on any atom is -0.383 e. The first-order valence-corrected chi connectivity index (χ1v) is 8.27. The Morgan fingerprint density at radius 1 is 1.08 bits per heavy atom. The van der Waals surface area contributed by atoms with Crippen molar-refractivity contribution in [3.8, 4) is 16.3 Å². The molecule has 0 amide bonds. The fourth-order valence-electron chi connectivity index (χ4n) is 2.63. The first-order chi connectivity index (χ1) is 11.6. The Morgan fingerprint density at radius 2 is 1.79 bits per heavy atom. The Morgan fingerprint density at radius 3 is 2.50 bits per heavy atom. The first kappa shape index (κ1) is 14.6. The fraction of sp³-hybridized carbons (Fsp3) is 0.0556. The van der Waals surface area contributed by atoms with E-state index in [2.05, 4.69) is 10.1 Å². The van der Waals surface area contributed by atoms with Gasteiger partial charge in [-0.05, 0) is 24.3 Å². The number of ketones is 1. The number of carbonyl (C=O) groups is 1. The van der Waals surface area contributed by atoms with Crippen LogP contribution in [0.15, 0.2) is 54.6 Å². The number of benzene rings is 2. The molecule has 2 aromatic carbocycles. The van der Waals surface area contributed by atoms with E-state index in [0.717, 1.165) is 15.9 Å². The maximum atomic E-state index is 12.1. The highest BCUT2D eigenvalue weighted by molar-refractivity contribution is 7.21. The molecule has 4 aromatic rings. The summed E-state index contributed by atoms with van der Waals surface area (Å²) in [6.07, 6.45) is 0. The lowest BCUT2D eigenvalue weighted by Gasteiger charge is -2.03. The Bertz CT molecular complexity index is 1020. The van der Waals surface area contributed by atoms with Crippen LogP contribution in [0.3, 0.4) is 0 Å². The van der Waals surface area contributed by atoms with Crippen molar-refractivity contribution < 1.29 is 4.79 Å². The predicted octanol–water partition coefficient (Wildman–Crippen LogP) is 3.93. The van der Waals surface area contributed by atoms with Crippen molar-refractivity contribution in [1.29, 1.82) is 0 Å². The number of fused-ring (bicyclic) bond motifs is 1. The molecular weight excluding hydrogens is 320 g/mol. The van der Waals surface area contributed by atoms with E-state index in [9.17, 15) is 4.79 Å². The molecule has 5 nitrogen and oxygen atoms in total. The van der Waals surface area contributed by atoms with E-state index in [-0.39, 0.29) is 5.78 Å². The van der Waals surface area contributed by atoms with Gasteiger partial charge in [0.15, 0.2) is 5.78 Å². The lowest BCUT2D eigenvalue weighted by atomic mass is 10.2. The van der Waals surface area contributed by atoms with Gasteiger partial charge in [0.2, 0.25) is 0 Å². The monoisotopic (exact) mass is 334 g/mol. The molecule has 0 radical (unpaired) electrons. The van der Waals surface area contributed by atoms with Gasteiger partial charge in [0, 0.05) is 6.92 Å². The average Bonchev–Trinajstić information content (AvgIpc) is 3.16. The van der Waals surface area contributed by atoms with Crippen molar-refractivity contribution in [2.75, 3.05) is 5.73 Å². The normalized spacial score (nSPS) is 11.0. The highest BCUT2D eigenvalue weighted by Gasteiger charge is 2.23. The number of para-hydroxylation sites is 2. The van der Waals surface area contributed by atoms with Crippen molar-refractivity contribution in [3.05, 3.63) is 60.3 Å². The van der Waals surface area contributed by atoms with Crippen molar-refractivity contribution in [1.82, 2.24) is 14.8 Å². The molecule has 0 atom stereocenters. The Balaban J connectivity index is 1.97. The Hall–Kier alpha value is -2.99. The Labute approximate surface area is 142 Å². The van der Waals surface area contributed by atoms with Gasteiger partial charge in [-0.1, -0.05) is 30.3 Å². The number of nitrogens with two attached hydrogens (primary N) is 1. The predicted molar refractivity (Wildman–Crippen MR) is 96.6 cm³/mol. The fourth-order valence-corrected chi connectivity index (χ4v) is 3.65. The molecule has 24 heavy (non-hydrogen) atoms. The number of aromatic nitrogens is 3. The zero-order valence-corrected chi connectivity index (χ0v) is 13.7. The van der Waals surface area contributed by atoms with Gasteiger partial charge in [-0.15, -0.1) is 11.3 Å². The third kappa shape index (κ3) is 2.28. The number of Topliss-reactive ketones (excluding diaryl/α,β-unsaturated/α-hetero) is 1. The third-order valence-electron chi connectivity index (χ3n) is 3.76. The second-order valence-electron chi connectivity index (χ2n) is 5.40. The summed E-state index contributed by atoms with van der Waals surface area (Å²) in [4.78, 5) is 16.7. The van der Waals surface area contributed by atoms with Crippen molar-refractivity contribution in [3.63, 3.8) is 0 Å². The third-order valence-corrected chi connectivity index (χ3v) is 4.82. The van der Waals surface area contributed by atoms with E-state index in [4.69, 9.17) is 5.73 Å². The molecule has 6 heteroatoms. The van der Waals surface area contributed by atoms with Crippen molar-refractivity contribution in [2.45, 2.75) is 6.92 Å². The molecule has 0 aliphatic heterocycles.